The zero-order valence-electron chi connectivity index (χ0n) is 10.0. The predicted octanol–water partition coefficient (Wildman–Crippen LogP) is 3.76. The minimum absolute atomic E-state index is 0.426. The van der Waals surface area contributed by atoms with Crippen molar-refractivity contribution >= 4 is 33.6 Å². The van der Waals surface area contributed by atoms with Crippen molar-refractivity contribution in [3.8, 4) is 0 Å². The van der Waals surface area contributed by atoms with Gasteiger partial charge in [-0.05, 0) is 24.3 Å². The number of carbonyl (C=O) groups excluding carboxylic acids is 2. The van der Waals surface area contributed by atoms with Crippen molar-refractivity contribution in [1.29, 1.82) is 0 Å². The first-order valence-electron chi connectivity index (χ1n) is 5.60. The fraction of sp³-hybridized carbons (Fsp3) is 0. The maximum absolute atomic E-state index is 12.1. The zero-order valence-corrected chi connectivity index (χ0v) is 10.8. The van der Waals surface area contributed by atoms with Gasteiger partial charge < -0.3 is 5.73 Å². The topological polar surface area (TPSA) is 63.4 Å². The number of amides is 2. The molecule has 2 N–H and O–H groups in total. The molecule has 2 amide bonds. The minimum atomic E-state index is -0.720. The van der Waals surface area contributed by atoms with E-state index in [0.29, 0.717) is 23.1 Å². The SMILES string of the molecule is NC(=O)SC(=O)N(c1ccccc1)c1ccccc1. The third kappa shape index (κ3) is 3.35. The third-order valence-corrected chi connectivity index (χ3v) is 2.96. The van der Waals surface area contributed by atoms with Crippen molar-refractivity contribution in [1.82, 2.24) is 0 Å². The van der Waals surface area contributed by atoms with E-state index in [1.165, 1.54) is 4.90 Å². The molecule has 0 heterocycles. The Bertz CT molecular complexity index is 533. The van der Waals surface area contributed by atoms with Crippen LogP contribution >= 0.6 is 11.8 Å². The number of primary amides is 1. The first-order valence-corrected chi connectivity index (χ1v) is 6.41. The van der Waals surface area contributed by atoms with Crippen LogP contribution in [0, 0.1) is 0 Å². The highest BCUT2D eigenvalue weighted by atomic mass is 32.2. The minimum Gasteiger partial charge on any atom is -0.360 e. The summed E-state index contributed by atoms with van der Waals surface area (Å²) in [6, 6.07) is 18.2. The lowest BCUT2D eigenvalue weighted by atomic mass is 10.2. The zero-order chi connectivity index (χ0) is 13.7. The van der Waals surface area contributed by atoms with Gasteiger partial charge in [0.1, 0.15) is 0 Å². The van der Waals surface area contributed by atoms with E-state index >= 15 is 0 Å². The highest BCUT2D eigenvalue weighted by molar-refractivity contribution is 8.26. The van der Waals surface area contributed by atoms with Crippen molar-refractivity contribution in [3.63, 3.8) is 0 Å². The number of para-hydroxylation sites is 2. The number of thioether (sulfide) groups is 1. The van der Waals surface area contributed by atoms with Crippen molar-refractivity contribution in [2.45, 2.75) is 0 Å². The Morgan fingerprint density at radius 1 is 0.842 bits per heavy atom. The molecule has 0 fully saturated rings. The first-order chi connectivity index (χ1) is 9.18. The fourth-order valence-electron chi connectivity index (χ4n) is 1.65. The molecule has 0 aliphatic carbocycles. The summed E-state index contributed by atoms with van der Waals surface area (Å²) >= 11 is 0.478. The fourth-order valence-corrected chi connectivity index (χ4v) is 2.12. The molecule has 4 nitrogen and oxygen atoms in total. The molecule has 0 bridgehead atoms. The number of hydrogen-bond donors (Lipinski definition) is 1. The summed E-state index contributed by atoms with van der Waals surface area (Å²) in [6.45, 7) is 0. The van der Waals surface area contributed by atoms with Crippen molar-refractivity contribution in [2.75, 3.05) is 4.90 Å². The number of hydrogen-bond acceptors (Lipinski definition) is 3. The lowest BCUT2D eigenvalue weighted by Crippen LogP contribution is -2.24. The van der Waals surface area contributed by atoms with Crippen molar-refractivity contribution in [3.05, 3.63) is 60.7 Å². The Morgan fingerprint density at radius 3 is 1.63 bits per heavy atom. The van der Waals surface area contributed by atoms with Crippen molar-refractivity contribution < 1.29 is 9.59 Å². The second-order valence-corrected chi connectivity index (χ2v) is 4.65. The summed E-state index contributed by atoms with van der Waals surface area (Å²) in [7, 11) is 0. The van der Waals surface area contributed by atoms with E-state index < -0.39 is 10.5 Å². The van der Waals surface area contributed by atoms with Crippen LogP contribution in [0.25, 0.3) is 0 Å². The smallest absolute Gasteiger partial charge is 0.300 e. The van der Waals surface area contributed by atoms with Gasteiger partial charge in [0.15, 0.2) is 0 Å². The molecule has 0 unspecified atom stereocenters. The summed E-state index contributed by atoms with van der Waals surface area (Å²) in [6.07, 6.45) is 0. The molecule has 5 heteroatoms. The van der Waals surface area contributed by atoms with Crippen LogP contribution in [0.3, 0.4) is 0 Å². The molecule has 2 aromatic carbocycles. The van der Waals surface area contributed by atoms with Gasteiger partial charge in [-0.15, -0.1) is 0 Å². The van der Waals surface area contributed by atoms with Gasteiger partial charge in [-0.2, -0.15) is 0 Å². The van der Waals surface area contributed by atoms with E-state index in [2.05, 4.69) is 0 Å². The van der Waals surface area contributed by atoms with Crippen LogP contribution in [-0.2, 0) is 0 Å². The van der Waals surface area contributed by atoms with Gasteiger partial charge in [-0.1, -0.05) is 36.4 Å². The number of anilines is 2. The standard InChI is InChI=1S/C14H12N2O2S/c15-13(17)19-14(18)16(11-7-3-1-4-8-11)12-9-5-2-6-10-12/h1-10H,(H2,15,17). The number of rotatable bonds is 2. The summed E-state index contributed by atoms with van der Waals surface area (Å²) < 4.78 is 0. The van der Waals surface area contributed by atoms with E-state index in [4.69, 9.17) is 5.73 Å². The first kappa shape index (κ1) is 13.2. The van der Waals surface area contributed by atoms with Gasteiger partial charge >= 0.3 is 0 Å². The van der Waals surface area contributed by atoms with E-state index in [1.54, 1.807) is 24.3 Å². The molecule has 2 aromatic rings. The molecule has 0 saturated heterocycles. The van der Waals surface area contributed by atoms with E-state index in [9.17, 15) is 9.59 Å². The van der Waals surface area contributed by atoms with E-state index in [-0.39, 0.29) is 0 Å². The number of nitrogens with zero attached hydrogens (tertiary/aromatic N) is 1. The summed E-state index contributed by atoms with van der Waals surface area (Å²) in [4.78, 5) is 24.5. The molecule has 0 saturated carbocycles. The van der Waals surface area contributed by atoms with Crippen LogP contribution in [0.5, 0.6) is 0 Å². The summed E-state index contributed by atoms with van der Waals surface area (Å²) in [5, 5.41) is -1.15. The third-order valence-electron chi connectivity index (χ3n) is 2.40. The quantitative estimate of drug-likeness (QED) is 0.905. The number of benzene rings is 2. The average Bonchev–Trinajstić information content (AvgIpc) is 2.40. The molecule has 0 spiro atoms. The summed E-state index contributed by atoms with van der Waals surface area (Å²) in [5.74, 6) is 0. The maximum Gasteiger partial charge on any atom is 0.300 e. The van der Waals surface area contributed by atoms with Crippen molar-refractivity contribution in [2.24, 2.45) is 5.73 Å². The predicted molar refractivity (Wildman–Crippen MR) is 77.6 cm³/mol. The molecule has 0 atom stereocenters. The molecular weight excluding hydrogens is 260 g/mol. The van der Waals surface area contributed by atoms with Crippen LogP contribution in [0.4, 0.5) is 21.0 Å². The lowest BCUT2D eigenvalue weighted by Gasteiger charge is -2.21. The van der Waals surface area contributed by atoms with Gasteiger partial charge in [0.25, 0.3) is 10.5 Å². The van der Waals surface area contributed by atoms with Gasteiger partial charge in [0.05, 0.1) is 0 Å². The van der Waals surface area contributed by atoms with Gasteiger partial charge in [-0.3, -0.25) is 14.5 Å². The Hall–Kier alpha value is -2.27. The molecule has 19 heavy (non-hydrogen) atoms. The van der Waals surface area contributed by atoms with Crippen LogP contribution in [-0.4, -0.2) is 10.5 Å². The number of nitrogens with two attached hydrogens (primary N) is 1. The lowest BCUT2D eigenvalue weighted by molar-refractivity contribution is 0.264. The van der Waals surface area contributed by atoms with E-state index in [0.717, 1.165) is 0 Å². The van der Waals surface area contributed by atoms with Gasteiger partial charge in [-0.25, -0.2) is 0 Å². The largest absolute Gasteiger partial charge is 0.360 e. The molecule has 0 aliphatic heterocycles. The van der Waals surface area contributed by atoms with Crippen LogP contribution in [0.15, 0.2) is 60.7 Å². The Labute approximate surface area is 115 Å². The van der Waals surface area contributed by atoms with Crippen LogP contribution < -0.4 is 10.6 Å². The van der Waals surface area contributed by atoms with E-state index in [1.807, 2.05) is 36.4 Å². The normalized spacial score (nSPS) is 9.89. The molecule has 96 valence electrons. The van der Waals surface area contributed by atoms with Crippen LogP contribution in [0.1, 0.15) is 0 Å². The second-order valence-electron chi connectivity index (χ2n) is 3.69. The maximum atomic E-state index is 12.1. The highest BCUT2D eigenvalue weighted by Crippen LogP contribution is 2.28. The second kappa shape index (κ2) is 6.06. The molecule has 0 radical (unpaired) electrons. The monoisotopic (exact) mass is 272 g/mol. The Kier molecular flexibility index (Phi) is 4.20. The van der Waals surface area contributed by atoms with Gasteiger partial charge in [0, 0.05) is 23.1 Å². The Morgan fingerprint density at radius 2 is 1.26 bits per heavy atom. The summed E-state index contributed by atoms with van der Waals surface area (Å²) in [5.41, 5.74) is 6.44. The highest BCUT2D eigenvalue weighted by Gasteiger charge is 2.20. The Balaban J connectivity index is 2.40. The van der Waals surface area contributed by atoms with Crippen LogP contribution in [0.2, 0.25) is 0 Å². The molecule has 2 rings (SSSR count). The molecule has 0 aromatic heterocycles. The molecular formula is C14H12N2O2S. The van der Waals surface area contributed by atoms with Gasteiger partial charge in [0.2, 0.25) is 0 Å². The molecule has 0 aliphatic rings. The average molecular weight is 272 g/mol. The number of carbonyl (C=O) groups is 2.